The Labute approximate surface area is 159 Å². The third-order valence-electron chi connectivity index (χ3n) is 4.28. The Morgan fingerprint density at radius 2 is 1.50 bits per heavy atom. The van der Waals surface area contributed by atoms with Crippen molar-refractivity contribution in [1.82, 2.24) is 0 Å². The summed E-state index contributed by atoms with van der Waals surface area (Å²) in [6, 6.07) is 22.4. The summed E-state index contributed by atoms with van der Waals surface area (Å²) in [6.07, 6.45) is 0. The number of thioether (sulfide) groups is 1. The van der Waals surface area contributed by atoms with Gasteiger partial charge in [-0.2, -0.15) is 0 Å². The van der Waals surface area contributed by atoms with E-state index in [0.29, 0.717) is 5.56 Å². The summed E-state index contributed by atoms with van der Waals surface area (Å²) in [5.74, 6) is 0.824. The molecule has 0 saturated heterocycles. The van der Waals surface area contributed by atoms with Gasteiger partial charge in [0, 0.05) is 21.9 Å². The molecular formula is C23H23NOS. The van der Waals surface area contributed by atoms with E-state index in [1.807, 2.05) is 56.3 Å². The van der Waals surface area contributed by atoms with Gasteiger partial charge < -0.3 is 5.32 Å². The largest absolute Gasteiger partial charge is 0.322 e. The first kappa shape index (κ1) is 18.3. The van der Waals surface area contributed by atoms with Crippen LogP contribution in [0.15, 0.2) is 71.6 Å². The van der Waals surface area contributed by atoms with E-state index in [2.05, 4.69) is 36.5 Å². The number of carbonyl (C=O) groups excluding carboxylic acids is 1. The second-order valence-corrected chi connectivity index (χ2v) is 7.58. The van der Waals surface area contributed by atoms with E-state index in [1.165, 1.54) is 16.0 Å². The highest BCUT2D eigenvalue weighted by Crippen LogP contribution is 2.24. The van der Waals surface area contributed by atoms with Crippen LogP contribution in [0.1, 0.15) is 32.6 Å². The van der Waals surface area contributed by atoms with Crippen molar-refractivity contribution in [3.63, 3.8) is 0 Å². The molecule has 0 aliphatic carbocycles. The highest BCUT2D eigenvalue weighted by Gasteiger charge is 2.10. The van der Waals surface area contributed by atoms with Crippen molar-refractivity contribution in [2.75, 3.05) is 5.32 Å². The molecule has 0 saturated carbocycles. The van der Waals surface area contributed by atoms with Crippen LogP contribution in [0.5, 0.6) is 0 Å². The highest BCUT2D eigenvalue weighted by molar-refractivity contribution is 7.98. The molecule has 0 unspecified atom stereocenters. The minimum absolute atomic E-state index is 0.0673. The standard InChI is InChI=1S/C23H23NOS/c1-16-13-17(2)22(18(3)14-16)24-23(25)20-11-9-19(10-12-20)15-26-21-7-5-4-6-8-21/h4-14H,15H2,1-3H3,(H,24,25). The highest BCUT2D eigenvalue weighted by atomic mass is 32.2. The van der Waals surface area contributed by atoms with Gasteiger partial charge in [-0.3, -0.25) is 4.79 Å². The summed E-state index contributed by atoms with van der Waals surface area (Å²) in [5.41, 5.74) is 6.18. The Bertz CT molecular complexity index is 878. The molecule has 0 bridgehead atoms. The van der Waals surface area contributed by atoms with E-state index >= 15 is 0 Å². The van der Waals surface area contributed by atoms with E-state index in [9.17, 15) is 4.79 Å². The Morgan fingerprint density at radius 1 is 0.885 bits per heavy atom. The molecule has 132 valence electrons. The summed E-state index contributed by atoms with van der Waals surface area (Å²) in [6.45, 7) is 6.12. The maximum Gasteiger partial charge on any atom is 0.255 e. The molecule has 0 radical (unpaired) electrons. The average Bonchev–Trinajstić information content (AvgIpc) is 2.64. The van der Waals surface area contributed by atoms with Gasteiger partial charge in [0.1, 0.15) is 0 Å². The van der Waals surface area contributed by atoms with Gasteiger partial charge in [0.2, 0.25) is 0 Å². The summed E-state index contributed by atoms with van der Waals surface area (Å²) in [7, 11) is 0. The molecule has 3 aromatic rings. The molecule has 26 heavy (non-hydrogen) atoms. The zero-order chi connectivity index (χ0) is 18.5. The quantitative estimate of drug-likeness (QED) is 0.552. The lowest BCUT2D eigenvalue weighted by molar-refractivity contribution is 0.102. The van der Waals surface area contributed by atoms with E-state index in [4.69, 9.17) is 0 Å². The second kappa shape index (κ2) is 8.24. The van der Waals surface area contributed by atoms with Crippen LogP contribution in [0.25, 0.3) is 0 Å². The normalized spacial score (nSPS) is 10.6. The maximum atomic E-state index is 12.6. The van der Waals surface area contributed by atoms with Gasteiger partial charge in [-0.25, -0.2) is 0 Å². The number of nitrogens with one attached hydrogen (secondary N) is 1. The van der Waals surface area contributed by atoms with E-state index in [-0.39, 0.29) is 5.91 Å². The summed E-state index contributed by atoms with van der Waals surface area (Å²) >= 11 is 1.80. The molecule has 2 nitrogen and oxygen atoms in total. The molecule has 0 spiro atoms. The molecule has 0 atom stereocenters. The van der Waals surface area contributed by atoms with Crippen molar-refractivity contribution in [1.29, 1.82) is 0 Å². The monoisotopic (exact) mass is 361 g/mol. The predicted octanol–water partition coefficient (Wildman–Crippen LogP) is 6.16. The predicted molar refractivity (Wildman–Crippen MR) is 111 cm³/mol. The summed E-state index contributed by atoms with van der Waals surface area (Å²) in [5, 5.41) is 3.06. The van der Waals surface area contributed by atoms with Crippen LogP contribution in [0.2, 0.25) is 0 Å². The summed E-state index contributed by atoms with van der Waals surface area (Å²) < 4.78 is 0. The van der Waals surface area contributed by atoms with Gasteiger partial charge in [-0.1, -0.05) is 48.0 Å². The Hall–Kier alpha value is -2.52. The molecule has 3 heteroatoms. The number of benzene rings is 3. The lowest BCUT2D eigenvalue weighted by Crippen LogP contribution is -2.14. The smallest absolute Gasteiger partial charge is 0.255 e. The SMILES string of the molecule is Cc1cc(C)c(NC(=O)c2ccc(CSc3ccccc3)cc2)c(C)c1. The minimum atomic E-state index is -0.0673. The zero-order valence-corrected chi connectivity index (χ0v) is 16.2. The third kappa shape index (κ3) is 4.55. The fraction of sp³-hybridized carbons (Fsp3) is 0.174. The number of aryl methyl sites for hydroxylation is 3. The average molecular weight is 362 g/mol. The number of rotatable bonds is 5. The number of carbonyl (C=O) groups is 1. The van der Waals surface area contributed by atoms with E-state index in [0.717, 1.165) is 22.6 Å². The topological polar surface area (TPSA) is 29.1 Å². The molecule has 0 aromatic heterocycles. The Balaban J connectivity index is 1.66. The van der Waals surface area contributed by atoms with Crippen LogP contribution >= 0.6 is 11.8 Å². The van der Waals surface area contributed by atoms with Crippen molar-refractivity contribution in [2.24, 2.45) is 0 Å². The van der Waals surface area contributed by atoms with Crippen molar-refractivity contribution >= 4 is 23.4 Å². The van der Waals surface area contributed by atoms with E-state index < -0.39 is 0 Å². The fourth-order valence-corrected chi connectivity index (χ4v) is 3.87. The fourth-order valence-electron chi connectivity index (χ4n) is 3.00. The Kier molecular flexibility index (Phi) is 5.79. The molecular weight excluding hydrogens is 338 g/mol. The minimum Gasteiger partial charge on any atom is -0.322 e. The lowest BCUT2D eigenvalue weighted by atomic mass is 10.0. The van der Waals surface area contributed by atoms with E-state index in [1.54, 1.807) is 11.8 Å². The zero-order valence-electron chi connectivity index (χ0n) is 15.4. The molecule has 3 rings (SSSR count). The number of hydrogen-bond donors (Lipinski definition) is 1. The van der Waals surface area contributed by atoms with Crippen molar-refractivity contribution in [3.05, 3.63) is 94.5 Å². The molecule has 0 aliphatic rings. The molecule has 1 amide bonds. The third-order valence-corrected chi connectivity index (χ3v) is 5.36. The molecule has 0 fully saturated rings. The van der Waals surface area contributed by atoms with Crippen LogP contribution in [0, 0.1) is 20.8 Å². The lowest BCUT2D eigenvalue weighted by Gasteiger charge is -2.13. The van der Waals surface area contributed by atoms with Gasteiger partial charge in [0.05, 0.1) is 0 Å². The van der Waals surface area contributed by atoms with Crippen LogP contribution in [-0.2, 0) is 5.75 Å². The Morgan fingerprint density at radius 3 is 2.12 bits per heavy atom. The van der Waals surface area contributed by atoms with Gasteiger partial charge in [0.15, 0.2) is 0 Å². The van der Waals surface area contributed by atoms with Crippen LogP contribution in [-0.4, -0.2) is 5.91 Å². The summed E-state index contributed by atoms with van der Waals surface area (Å²) in [4.78, 5) is 13.8. The van der Waals surface area contributed by atoms with Crippen molar-refractivity contribution in [2.45, 2.75) is 31.4 Å². The first-order valence-electron chi connectivity index (χ1n) is 8.69. The first-order valence-corrected chi connectivity index (χ1v) is 9.67. The van der Waals surface area contributed by atoms with Crippen LogP contribution in [0.4, 0.5) is 5.69 Å². The van der Waals surface area contributed by atoms with Gasteiger partial charge in [-0.15, -0.1) is 11.8 Å². The molecule has 0 heterocycles. The van der Waals surface area contributed by atoms with Crippen LogP contribution < -0.4 is 5.32 Å². The molecule has 1 N–H and O–H groups in total. The number of amides is 1. The maximum absolute atomic E-state index is 12.6. The molecule has 0 aliphatic heterocycles. The van der Waals surface area contributed by atoms with Gasteiger partial charge in [-0.05, 0) is 61.7 Å². The van der Waals surface area contributed by atoms with Crippen molar-refractivity contribution < 1.29 is 4.79 Å². The number of hydrogen-bond acceptors (Lipinski definition) is 2. The van der Waals surface area contributed by atoms with Crippen molar-refractivity contribution in [3.8, 4) is 0 Å². The van der Waals surface area contributed by atoms with Gasteiger partial charge >= 0.3 is 0 Å². The first-order chi connectivity index (χ1) is 12.5. The van der Waals surface area contributed by atoms with Crippen LogP contribution in [0.3, 0.4) is 0 Å². The number of anilines is 1. The van der Waals surface area contributed by atoms with Gasteiger partial charge in [0.25, 0.3) is 5.91 Å². The second-order valence-electron chi connectivity index (χ2n) is 6.53. The molecule has 3 aromatic carbocycles.